The number of aliphatic hydroxyl groups excluding tert-OH is 1. The third kappa shape index (κ3) is 8.21. The van der Waals surface area contributed by atoms with E-state index in [4.69, 9.17) is 9.84 Å². The lowest BCUT2D eigenvalue weighted by Gasteiger charge is -2.23. The summed E-state index contributed by atoms with van der Waals surface area (Å²) in [5, 5.41) is 14.1. The third-order valence-corrected chi connectivity index (χ3v) is 2.92. The van der Waals surface area contributed by atoms with Crippen molar-refractivity contribution >= 4 is 12.0 Å². The van der Waals surface area contributed by atoms with Crippen LogP contribution in [-0.4, -0.2) is 41.9 Å². The Hall–Kier alpha value is -2.08. The van der Waals surface area contributed by atoms with Gasteiger partial charge in [-0.25, -0.2) is 4.79 Å². The highest BCUT2D eigenvalue weighted by atomic mass is 16.6. The quantitative estimate of drug-likeness (QED) is 0.666. The van der Waals surface area contributed by atoms with Gasteiger partial charge < -0.3 is 20.5 Å². The molecule has 0 spiro atoms. The topological polar surface area (TPSA) is 87.7 Å². The Morgan fingerprint density at radius 1 is 1.22 bits per heavy atom. The van der Waals surface area contributed by atoms with Crippen LogP contribution in [0.15, 0.2) is 30.3 Å². The molecular formula is C17H26N2O4. The van der Waals surface area contributed by atoms with Crippen LogP contribution < -0.4 is 10.6 Å². The van der Waals surface area contributed by atoms with E-state index in [2.05, 4.69) is 10.6 Å². The van der Waals surface area contributed by atoms with Gasteiger partial charge in [-0.3, -0.25) is 4.79 Å². The minimum Gasteiger partial charge on any atom is -0.444 e. The van der Waals surface area contributed by atoms with Crippen LogP contribution in [0.5, 0.6) is 0 Å². The van der Waals surface area contributed by atoms with E-state index in [1.54, 1.807) is 20.8 Å². The van der Waals surface area contributed by atoms with Crippen LogP contribution in [0.1, 0.15) is 32.8 Å². The fraction of sp³-hybridized carbons (Fsp3) is 0.529. The third-order valence-electron chi connectivity index (χ3n) is 2.92. The van der Waals surface area contributed by atoms with Gasteiger partial charge in [-0.05, 0) is 32.8 Å². The van der Waals surface area contributed by atoms with Gasteiger partial charge in [-0.1, -0.05) is 30.3 Å². The van der Waals surface area contributed by atoms with Gasteiger partial charge in [-0.2, -0.15) is 0 Å². The van der Waals surface area contributed by atoms with Crippen LogP contribution in [0.25, 0.3) is 0 Å². The number of aliphatic hydroxyl groups is 1. The van der Waals surface area contributed by atoms with Crippen LogP contribution in [0.3, 0.4) is 0 Å². The van der Waals surface area contributed by atoms with Crippen LogP contribution in [0, 0.1) is 0 Å². The minimum absolute atomic E-state index is 0.00310. The summed E-state index contributed by atoms with van der Waals surface area (Å²) in [6.45, 7) is 5.65. The first kappa shape index (κ1) is 19.0. The van der Waals surface area contributed by atoms with Gasteiger partial charge in [-0.15, -0.1) is 0 Å². The highest BCUT2D eigenvalue weighted by molar-refractivity contribution is 5.86. The number of hydrogen-bond acceptors (Lipinski definition) is 4. The number of hydrogen-bond donors (Lipinski definition) is 3. The first-order valence-electron chi connectivity index (χ1n) is 7.74. The molecule has 23 heavy (non-hydrogen) atoms. The monoisotopic (exact) mass is 322 g/mol. The van der Waals surface area contributed by atoms with E-state index in [1.807, 2.05) is 30.3 Å². The zero-order valence-corrected chi connectivity index (χ0v) is 14.0. The molecule has 1 aromatic carbocycles. The first-order valence-corrected chi connectivity index (χ1v) is 7.74. The molecule has 0 aliphatic carbocycles. The second-order valence-electron chi connectivity index (χ2n) is 6.26. The molecule has 1 atom stereocenters. The summed E-state index contributed by atoms with van der Waals surface area (Å²) in [5.74, 6) is -0.298. The molecule has 0 unspecified atom stereocenters. The van der Waals surface area contributed by atoms with E-state index in [1.165, 1.54) is 0 Å². The molecule has 2 amide bonds. The second kappa shape index (κ2) is 9.15. The van der Waals surface area contributed by atoms with Crippen LogP contribution in [0.4, 0.5) is 4.79 Å². The summed E-state index contributed by atoms with van der Waals surface area (Å²) in [5.41, 5.74) is 0.306. The SMILES string of the molecule is CC(C)(C)OC(=O)N[C@@H](Cc1ccccc1)C(=O)NCCCO. The normalized spacial score (nSPS) is 12.3. The Kier molecular flexibility index (Phi) is 7.54. The maximum absolute atomic E-state index is 12.3. The molecular weight excluding hydrogens is 296 g/mol. The molecule has 1 rings (SSSR count). The van der Waals surface area contributed by atoms with Crippen molar-refractivity contribution < 1.29 is 19.4 Å². The number of amides is 2. The second-order valence-corrected chi connectivity index (χ2v) is 6.26. The number of carbonyl (C=O) groups is 2. The average molecular weight is 322 g/mol. The van der Waals surface area contributed by atoms with Gasteiger partial charge in [0.15, 0.2) is 0 Å². The van der Waals surface area contributed by atoms with Crippen molar-refractivity contribution in [1.82, 2.24) is 10.6 Å². The Bertz CT molecular complexity index is 497. The van der Waals surface area contributed by atoms with Gasteiger partial charge in [0.05, 0.1) is 0 Å². The van der Waals surface area contributed by atoms with E-state index in [0.29, 0.717) is 19.4 Å². The van der Waals surface area contributed by atoms with E-state index < -0.39 is 17.7 Å². The summed E-state index contributed by atoms with van der Waals surface area (Å²) in [4.78, 5) is 24.2. The van der Waals surface area contributed by atoms with Gasteiger partial charge in [0.1, 0.15) is 11.6 Å². The fourth-order valence-electron chi connectivity index (χ4n) is 1.92. The van der Waals surface area contributed by atoms with Gasteiger partial charge >= 0.3 is 6.09 Å². The summed E-state index contributed by atoms with van der Waals surface area (Å²) in [7, 11) is 0. The molecule has 0 aromatic heterocycles. The summed E-state index contributed by atoms with van der Waals surface area (Å²) in [6, 6.07) is 8.70. The number of alkyl carbamates (subject to hydrolysis) is 1. The highest BCUT2D eigenvalue weighted by Gasteiger charge is 2.24. The molecule has 0 fully saturated rings. The zero-order chi connectivity index (χ0) is 17.3. The number of ether oxygens (including phenoxy) is 1. The molecule has 6 heteroatoms. The maximum Gasteiger partial charge on any atom is 0.408 e. The van der Waals surface area contributed by atoms with Gasteiger partial charge in [0.25, 0.3) is 0 Å². The number of carbonyl (C=O) groups excluding carboxylic acids is 2. The molecule has 6 nitrogen and oxygen atoms in total. The van der Waals surface area contributed by atoms with Gasteiger partial charge in [0, 0.05) is 19.6 Å². The Labute approximate surface area is 137 Å². The first-order chi connectivity index (χ1) is 10.8. The van der Waals surface area contributed by atoms with Crippen molar-refractivity contribution in [1.29, 1.82) is 0 Å². The van der Waals surface area contributed by atoms with E-state index in [9.17, 15) is 9.59 Å². The average Bonchev–Trinajstić information content (AvgIpc) is 2.46. The van der Waals surface area contributed by atoms with Crippen molar-refractivity contribution in [2.45, 2.75) is 45.3 Å². The van der Waals surface area contributed by atoms with Crippen molar-refractivity contribution in [3.8, 4) is 0 Å². The van der Waals surface area contributed by atoms with E-state index in [-0.39, 0.29) is 12.5 Å². The smallest absolute Gasteiger partial charge is 0.408 e. The number of benzene rings is 1. The lowest BCUT2D eigenvalue weighted by atomic mass is 10.1. The number of rotatable bonds is 7. The lowest BCUT2D eigenvalue weighted by molar-refractivity contribution is -0.123. The molecule has 0 heterocycles. The van der Waals surface area contributed by atoms with Gasteiger partial charge in [0.2, 0.25) is 5.91 Å². The fourth-order valence-corrected chi connectivity index (χ4v) is 1.92. The minimum atomic E-state index is -0.731. The summed E-state index contributed by atoms with van der Waals surface area (Å²) in [6.07, 6.45) is 0.206. The van der Waals surface area contributed by atoms with Crippen molar-refractivity contribution in [2.75, 3.05) is 13.2 Å². The van der Waals surface area contributed by atoms with E-state index >= 15 is 0 Å². The predicted molar refractivity (Wildman–Crippen MR) is 88.0 cm³/mol. The molecule has 0 aliphatic rings. The van der Waals surface area contributed by atoms with Crippen molar-refractivity contribution in [3.05, 3.63) is 35.9 Å². The zero-order valence-electron chi connectivity index (χ0n) is 14.0. The largest absolute Gasteiger partial charge is 0.444 e. The maximum atomic E-state index is 12.3. The van der Waals surface area contributed by atoms with Crippen molar-refractivity contribution in [2.24, 2.45) is 0 Å². The Morgan fingerprint density at radius 2 is 1.87 bits per heavy atom. The molecule has 3 N–H and O–H groups in total. The lowest BCUT2D eigenvalue weighted by Crippen LogP contribution is -2.49. The molecule has 1 aromatic rings. The molecule has 0 saturated carbocycles. The van der Waals surface area contributed by atoms with E-state index in [0.717, 1.165) is 5.56 Å². The molecule has 0 aliphatic heterocycles. The van der Waals surface area contributed by atoms with Crippen LogP contribution in [0.2, 0.25) is 0 Å². The molecule has 0 bridgehead atoms. The standard InChI is InChI=1S/C17H26N2O4/c1-17(2,3)23-16(22)19-14(15(21)18-10-7-11-20)12-13-8-5-4-6-9-13/h4-6,8-9,14,20H,7,10-12H2,1-3H3,(H,18,21)(H,19,22)/t14-/m0/s1. The molecule has 128 valence electrons. The molecule has 0 radical (unpaired) electrons. The van der Waals surface area contributed by atoms with Crippen LogP contribution >= 0.6 is 0 Å². The Balaban J connectivity index is 2.71. The predicted octanol–water partition coefficient (Wildman–Crippen LogP) is 1.62. The highest BCUT2D eigenvalue weighted by Crippen LogP contribution is 2.08. The van der Waals surface area contributed by atoms with Crippen LogP contribution in [-0.2, 0) is 16.0 Å². The summed E-state index contributed by atoms with van der Waals surface area (Å²) < 4.78 is 5.21. The Morgan fingerprint density at radius 3 is 2.43 bits per heavy atom. The molecule has 0 saturated heterocycles. The van der Waals surface area contributed by atoms with Crippen molar-refractivity contribution in [3.63, 3.8) is 0 Å². The summed E-state index contributed by atoms with van der Waals surface area (Å²) >= 11 is 0. The number of nitrogens with one attached hydrogen (secondary N) is 2.